The van der Waals surface area contributed by atoms with E-state index >= 15 is 0 Å². The van der Waals surface area contributed by atoms with Crippen LogP contribution in [0.2, 0.25) is 0 Å². The molecule has 1 aliphatic rings. The fourth-order valence-electron chi connectivity index (χ4n) is 1.32. The predicted octanol–water partition coefficient (Wildman–Crippen LogP) is 2.43. The smallest absolute Gasteiger partial charge is 0.340 e. The molecular weight excluding hydrogens is 210 g/mol. The van der Waals surface area contributed by atoms with Crippen LogP contribution >= 0.6 is 11.8 Å². The van der Waals surface area contributed by atoms with E-state index < -0.39 is 0 Å². The highest BCUT2D eigenvalue weighted by Gasteiger charge is 2.26. The monoisotopic (exact) mass is 223 g/mol. The number of aryl methyl sites for hydroxylation is 1. The molecule has 0 saturated heterocycles. The van der Waals surface area contributed by atoms with Crippen molar-refractivity contribution in [1.29, 1.82) is 0 Å². The average Bonchev–Trinajstić information content (AvgIpc) is 3.01. The Kier molecular flexibility index (Phi) is 2.95. The Labute approximate surface area is 93.2 Å². The highest BCUT2D eigenvalue weighted by atomic mass is 32.2. The zero-order valence-electron chi connectivity index (χ0n) is 8.82. The molecule has 80 valence electrons. The van der Waals surface area contributed by atoms with Crippen LogP contribution in [-0.4, -0.2) is 23.3 Å². The molecule has 0 radical (unpaired) electrons. The van der Waals surface area contributed by atoms with Crippen LogP contribution < -0.4 is 0 Å². The van der Waals surface area contributed by atoms with Crippen LogP contribution in [0.4, 0.5) is 0 Å². The second-order valence-electron chi connectivity index (χ2n) is 3.62. The lowest BCUT2D eigenvalue weighted by Crippen LogP contribution is -2.07. The average molecular weight is 223 g/mol. The molecule has 1 aliphatic carbocycles. The third kappa shape index (κ3) is 2.31. The van der Waals surface area contributed by atoms with E-state index in [4.69, 9.17) is 4.74 Å². The fourth-order valence-corrected chi connectivity index (χ4v) is 2.49. The number of carbonyl (C=O) groups excluding carboxylic acids is 1. The number of aromatic nitrogens is 1. The van der Waals surface area contributed by atoms with Gasteiger partial charge in [0.15, 0.2) is 0 Å². The molecule has 0 unspecified atom stereocenters. The van der Waals surface area contributed by atoms with E-state index in [1.165, 1.54) is 20.0 Å². The van der Waals surface area contributed by atoms with Crippen LogP contribution in [0, 0.1) is 6.92 Å². The number of thioether (sulfide) groups is 1. The molecule has 0 aliphatic heterocycles. The zero-order valence-corrected chi connectivity index (χ0v) is 9.63. The van der Waals surface area contributed by atoms with E-state index in [1.807, 2.05) is 13.0 Å². The molecule has 0 bridgehead atoms. The van der Waals surface area contributed by atoms with Crippen molar-refractivity contribution in [3.05, 3.63) is 23.4 Å². The number of esters is 1. The highest BCUT2D eigenvalue weighted by Crippen LogP contribution is 2.40. The number of hydrogen-bond donors (Lipinski definition) is 0. The summed E-state index contributed by atoms with van der Waals surface area (Å²) in [4.78, 5) is 15.8. The molecule has 15 heavy (non-hydrogen) atoms. The number of carbonyl (C=O) groups is 1. The number of ether oxygens (including phenoxy) is 1. The van der Waals surface area contributed by atoms with Crippen molar-refractivity contribution in [3.8, 4) is 0 Å². The standard InChI is InChI=1S/C11H13NO2S/c1-7-5-6-12-10(15-8-3-4-8)9(7)11(13)14-2/h5-6,8H,3-4H2,1-2H3. The fraction of sp³-hybridized carbons (Fsp3) is 0.455. The van der Waals surface area contributed by atoms with E-state index in [0.29, 0.717) is 10.8 Å². The molecule has 3 nitrogen and oxygen atoms in total. The molecular formula is C11H13NO2S. The zero-order chi connectivity index (χ0) is 10.8. The quantitative estimate of drug-likeness (QED) is 0.738. The number of methoxy groups -OCH3 is 1. The molecule has 0 spiro atoms. The van der Waals surface area contributed by atoms with Crippen LogP contribution in [0.1, 0.15) is 28.8 Å². The molecule has 4 heteroatoms. The lowest BCUT2D eigenvalue weighted by atomic mass is 10.2. The van der Waals surface area contributed by atoms with Gasteiger partial charge in [0.2, 0.25) is 0 Å². The molecule has 0 amide bonds. The Morgan fingerprint density at radius 1 is 1.60 bits per heavy atom. The largest absolute Gasteiger partial charge is 0.465 e. The first-order valence-electron chi connectivity index (χ1n) is 4.93. The predicted molar refractivity (Wildman–Crippen MR) is 59.2 cm³/mol. The van der Waals surface area contributed by atoms with Crippen molar-refractivity contribution in [2.24, 2.45) is 0 Å². The molecule has 2 rings (SSSR count). The summed E-state index contributed by atoms with van der Waals surface area (Å²) < 4.78 is 4.77. The first kappa shape index (κ1) is 10.5. The van der Waals surface area contributed by atoms with Gasteiger partial charge in [-0.3, -0.25) is 0 Å². The summed E-state index contributed by atoms with van der Waals surface area (Å²) in [6.45, 7) is 1.91. The first-order valence-corrected chi connectivity index (χ1v) is 5.81. The topological polar surface area (TPSA) is 39.2 Å². The number of hydrogen-bond acceptors (Lipinski definition) is 4. The minimum atomic E-state index is -0.288. The Morgan fingerprint density at radius 2 is 2.33 bits per heavy atom. The molecule has 1 fully saturated rings. The van der Waals surface area contributed by atoms with Crippen molar-refractivity contribution in [1.82, 2.24) is 4.98 Å². The van der Waals surface area contributed by atoms with Crippen LogP contribution in [0.15, 0.2) is 17.3 Å². The first-order chi connectivity index (χ1) is 7.22. The van der Waals surface area contributed by atoms with Crippen LogP contribution in [-0.2, 0) is 4.74 Å². The van der Waals surface area contributed by atoms with Gasteiger partial charge in [-0.1, -0.05) is 0 Å². The third-order valence-corrected chi connectivity index (χ3v) is 3.65. The maximum Gasteiger partial charge on any atom is 0.340 e. The van der Waals surface area contributed by atoms with Crippen LogP contribution in [0.25, 0.3) is 0 Å². The van der Waals surface area contributed by atoms with Gasteiger partial charge in [-0.15, -0.1) is 11.8 Å². The van der Waals surface area contributed by atoms with Gasteiger partial charge in [0.05, 0.1) is 12.7 Å². The molecule has 0 aromatic carbocycles. The van der Waals surface area contributed by atoms with Gasteiger partial charge in [-0.2, -0.15) is 0 Å². The van der Waals surface area contributed by atoms with Crippen LogP contribution in [0.5, 0.6) is 0 Å². The summed E-state index contributed by atoms with van der Waals surface area (Å²) in [6, 6.07) is 1.84. The van der Waals surface area contributed by atoms with Crippen molar-refractivity contribution in [3.63, 3.8) is 0 Å². The SMILES string of the molecule is COC(=O)c1c(C)ccnc1SC1CC1. The van der Waals surface area contributed by atoms with Crippen molar-refractivity contribution in [2.75, 3.05) is 7.11 Å². The van der Waals surface area contributed by atoms with Gasteiger partial charge < -0.3 is 4.74 Å². The van der Waals surface area contributed by atoms with Crippen molar-refractivity contribution in [2.45, 2.75) is 30.0 Å². The van der Waals surface area contributed by atoms with Crippen LogP contribution in [0.3, 0.4) is 0 Å². The molecule has 1 aromatic rings. The summed E-state index contributed by atoms with van der Waals surface area (Å²) >= 11 is 1.68. The summed E-state index contributed by atoms with van der Waals surface area (Å²) in [6.07, 6.45) is 4.19. The van der Waals surface area contributed by atoms with Crippen molar-refractivity contribution >= 4 is 17.7 Å². The number of rotatable bonds is 3. The maximum atomic E-state index is 11.6. The lowest BCUT2D eigenvalue weighted by molar-refractivity contribution is 0.0595. The van der Waals surface area contributed by atoms with E-state index in [-0.39, 0.29) is 5.97 Å². The lowest BCUT2D eigenvalue weighted by Gasteiger charge is -2.08. The Bertz CT molecular complexity index is 388. The van der Waals surface area contributed by atoms with E-state index in [2.05, 4.69) is 4.98 Å². The van der Waals surface area contributed by atoms with E-state index in [9.17, 15) is 4.79 Å². The molecule has 0 N–H and O–H groups in total. The Morgan fingerprint density at radius 3 is 2.93 bits per heavy atom. The summed E-state index contributed by atoms with van der Waals surface area (Å²) in [5.74, 6) is -0.288. The minimum Gasteiger partial charge on any atom is -0.465 e. The van der Waals surface area contributed by atoms with E-state index in [0.717, 1.165) is 10.6 Å². The normalized spacial score (nSPS) is 15.1. The number of nitrogens with zero attached hydrogens (tertiary/aromatic N) is 1. The summed E-state index contributed by atoms with van der Waals surface area (Å²) in [7, 11) is 1.40. The van der Waals surface area contributed by atoms with Gasteiger partial charge in [-0.25, -0.2) is 9.78 Å². The van der Waals surface area contributed by atoms with Gasteiger partial charge in [0.25, 0.3) is 0 Å². The minimum absolute atomic E-state index is 0.288. The maximum absolute atomic E-state index is 11.6. The molecule has 1 saturated carbocycles. The number of pyridine rings is 1. The third-order valence-electron chi connectivity index (χ3n) is 2.32. The second-order valence-corrected chi connectivity index (χ2v) is 4.91. The van der Waals surface area contributed by atoms with E-state index in [1.54, 1.807) is 18.0 Å². The molecule has 1 aromatic heterocycles. The summed E-state index contributed by atoms with van der Waals surface area (Å²) in [5.41, 5.74) is 1.55. The van der Waals surface area contributed by atoms with Gasteiger partial charge in [0.1, 0.15) is 5.03 Å². The van der Waals surface area contributed by atoms with Crippen molar-refractivity contribution < 1.29 is 9.53 Å². The second kappa shape index (κ2) is 4.23. The van der Waals surface area contributed by atoms with Gasteiger partial charge >= 0.3 is 5.97 Å². The molecule has 1 heterocycles. The Balaban J connectivity index is 2.33. The van der Waals surface area contributed by atoms with Gasteiger partial charge in [-0.05, 0) is 31.4 Å². The van der Waals surface area contributed by atoms with Gasteiger partial charge in [0, 0.05) is 11.4 Å². The Hall–Kier alpha value is -1.03. The molecule has 0 atom stereocenters. The summed E-state index contributed by atoms with van der Waals surface area (Å²) in [5, 5.41) is 1.45. The highest BCUT2D eigenvalue weighted by molar-refractivity contribution is 8.00.